The molecule has 9 atom stereocenters. The minimum absolute atomic E-state index is 0.0454. The van der Waals surface area contributed by atoms with Gasteiger partial charge < -0.3 is 59.8 Å². The summed E-state index contributed by atoms with van der Waals surface area (Å²) in [6.45, 7) is 5.64. The number of hydrogen-bond donors (Lipinski definition) is 8. The van der Waals surface area contributed by atoms with Gasteiger partial charge in [0, 0.05) is 17.5 Å². The Labute approximate surface area is 213 Å². The highest BCUT2D eigenvalue weighted by Crippen LogP contribution is 2.43. The molecule has 2 heterocycles. The van der Waals surface area contributed by atoms with Crippen LogP contribution in [0.15, 0.2) is 0 Å². The number of carbonyl (C=O) groups is 1. The molecule has 3 rings (SSSR count). The third kappa shape index (κ3) is 6.00. The van der Waals surface area contributed by atoms with Crippen LogP contribution in [-0.2, 0) is 14.2 Å². The minimum atomic E-state index is -1.81. The van der Waals surface area contributed by atoms with Crippen LogP contribution in [0, 0.1) is 19.8 Å². The number of aromatic hydroxyl groups is 2. The van der Waals surface area contributed by atoms with Crippen LogP contribution in [0.2, 0.25) is 0 Å². The molecule has 8 N–H and O–H groups in total. The van der Waals surface area contributed by atoms with Crippen molar-refractivity contribution in [2.75, 3.05) is 13.2 Å². The summed E-state index contributed by atoms with van der Waals surface area (Å²) in [5.41, 5.74) is -0.0861. The Hall–Kier alpha value is -2.07. The molecule has 2 saturated heterocycles. The zero-order valence-corrected chi connectivity index (χ0v) is 21.0. The highest BCUT2D eigenvalue weighted by molar-refractivity contribution is 6.02. The van der Waals surface area contributed by atoms with E-state index in [-0.39, 0.29) is 47.1 Å². The van der Waals surface area contributed by atoms with E-state index in [9.17, 15) is 45.6 Å². The van der Waals surface area contributed by atoms with Crippen molar-refractivity contribution in [1.29, 1.82) is 0 Å². The van der Waals surface area contributed by atoms with Gasteiger partial charge in [0.15, 0.2) is 12.1 Å². The van der Waals surface area contributed by atoms with Crippen molar-refractivity contribution in [1.82, 2.24) is 0 Å². The first kappa shape index (κ1) is 29.5. The molecule has 0 bridgehead atoms. The lowest BCUT2D eigenvalue weighted by Crippen LogP contribution is -2.61. The fourth-order valence-electron chi connectivity index (χ4n) is 4.25. The van der Waals surface area contributed by atoms with Gasteiger partial charge in [-0.3, -0.25) is 4.79 Å². The molecular formula is C24H36O13. The molecule has 1 unspecified atom stereocenters. The van der Waals surface area contributed by atoms with Gasteiger partial charge in [-0.05, 0) is 19.8 Å². The van der Waals surface area contributed by atoms with Gasteiger partial charge in [-0.15, -0.1) is 0 Å². The molecule has 1 aromatic carbocycles. The van der Waals surface area contributed by atoms with E-state index in [4.69, 9.17) is 18.9 Å². The molecular weight excluding hydrogens is 496 g/mol. The van der Waals surface area contributed by atoms with E-state index < -0.39 is 73.4 Å². The molecule has 37 heavy (non-hydrogen) atoms. The van der Waals surface area contributed by atoms with E-state index in [0.29, 0.717) is 0 Å². The quantitative estimate of drug-likeness (QED) is 0.181. The van der Waals surface area contributed by atoms with Crippen LogP contribution in [0.3, 0.4) is 0 Å². The second-order valence-corrected chi connectivity index (χ2v) is 9.89. The van der Waals surface area contributed by atoms with Crippen LogP contribution >= 0.6 is 0 Å². The third-order valence-corrected chi connectivity index (χ3v) is 6.52. The van der Waals surface area contributed by atoms with Gasteiger partial charge in [-0.2, -0.15) is 0 Å². The van der Waals surface area contributed by atoms with Crippen molar-refractivity contribution in [3.8, 4) is 17.2 Å². The van der Waals surface area contributed by atoms with Gasteiger partial charge in [0.05, 0.1) is 13.2 Å². The largest absolute Gasteiger partial charge is 0.507 e. The molecule has 0 aromatic heterocycles. The van der Waals surface area contributed by atoms with Crippen LogP contribution in [0.4, 0.5) is 0 Å². The predicted octanol–water partition coefficient (Wildman–Crippen LogP) is -1.41. The van der Waals surface area contributed by atoms with E-state index in [1.165, 1.54) is 13.8 Å². The summed E-state index contributed by atoms with van der Waals surface area (Å²) in [4.78, 5) is 13.0. The van der Waals surface area contributed by atoms with Crippen LogP contribution in [0.25, 0.3) is 0 Å². The Morgan fingerprint density at radius 2 is 1.51 bits per heavy atom. The van der Waals surface area contributed by atoms with Crippen molar-refractivity contribution >= 4 is 5.78 Å². The van der Waals surface area contributed by atoms with Gasteiger partial charge in [-0.1, -0.05) is 13.8 Å². The Kier molecular flexibility index (Phi) is 9.37. The maximum absolute atomic E-state index is 13.0. The Bertz CT molecular complexity index is 967. The topological polar surface area (TPSA) is 216 Å². The fraction of sp³-hybridized carbons (Fsp3) is 0.708. The standard InChI is InChI=1S/C24H36O13/c1-8(2)5-11(25)14-16(28)9(3)15(27)10(4)22(14)37-24-21(33)19(31)18(30)13(36-24)7-35-23-20(32)17(29)12(26)6-34-23/h8,12-13,17-21,23-24,26-33H,5-7H2,1-4H3/t12-,13-,17+,18-,19+,20-,21-,23?,24+/m1/s1. The maximum atomic E-state index is 13.0. The Morgan fingerprint density at radius 3 is 2.14 bits per heavy atom. The Morgan fingerprint density at radius 1 is 0.892 bits per heavy atom. The first-order valence-electron chi connectivity index (χ1n) is 12.0. The molecule has 0 saturated carbocycles. The van der Waals surface area contributed by atoms with Crippen molar-refractivity contribution in [2.24, 2.45) is 5.92 Å². The monoisotopic (exact) mass is 532 g/mol. The lowest BCUT2D eigenvalue weighted by atomic mass is 9.94. The van der Waals surface area contributed by atoms with E-state index in [1.807, 2.05) is 0 Å². The molecule has 13 nitrogen and oxygen atoms in total. The summed E-state index contributed by atoms with van der Waals surface area (Å²) in [6.07, 6.45) is -14.1. The highest BCUT2D eigenvalue weighted by atomic mass is 16.7. The van der Waals surface area contributed by atoms with Crippen LogP contribution in [-0.4, -0.2) is 115 Å². The summed E-state index contributed by atoms with van der Waals surface area (Å²) in [5.74, 6) is -1.66. The number of ketones is 1. The van der Waals surface area contributed by atoms with Gasteiger partial charge in [-0.25, -0.2) is 0 Å². The van der Waals surface area contributed by atoms with E-state index in [2.05, 4.69) is 0 Å². The zero-order chi connectivity index (χ0) is 27.8. The summed E-state index contributed by atoms with van der Waals surface area (Å²) >= 11 is 0. The van der Waals surface area contributed by atoms with E-state index in [1.54, 1.807) is 13.8 Å². The smallest absolute Gasteiger partial charge is 0.229 e. The normalized spacial score (nSPS) is 34.5. The number of aliphatic hydroxyl groups is 6. The zero-order valence-electron chi connectivity index (χ0n) is 21.0. The number of phenols is 2. The number of aliphatic hydroxyl groups excluding tert-OH is 6. The third-order valence-electron chi connectivity index (χ3n) is 6.52. The molecule has 2 aliphatic heterocycles. The van der Waals surface area contributed by atoms with Crippen molar-refractivity contribution in [3.63, 3.8) is 0 Å². The molecule has 2 fully saturated rings. The summed E-state index contributed by atoms with van der Waals surface area (Å²) in [7, 11) is 0. The SMILES string of the molecule is Cc1c(O)c(C)c(O[C@@H]2O[C@H](COC3OC[C@@H](O)[C@H](O)[C@H]3O)[C@@H](O)[C@H](O)[C@H]2O)c(C(=O)CC(C)C)c1O. The number of hydrogen-bond acceptors (Lipinski definition) is 13. The highest BCUT2D eigenvalue weighted by Gasteiger charge is 2.47. The van der Waals surface area contributed by atoms with Gasteiger partial charge in [0.25, 0.3) is 0 Å². The van der Waals surface area contributed by atoms with Crippen molar-refractivity contribution in [3.05, 3.63) is 16.7 Å². The van der Waals surface area contributed by atoms with Crippen LogP contribution in [0.5, 0.6) is 17.2 Å². The molecule has 0 spiro atoms. The molecule has 2 aliphatic rings. The maximum Gasteiger partial charge on any atom is 0.229 e. The minimum Gasteiger partial charge on any atom is -0.507 e. The summed E-state index contributed by atoms with van der Waals surface area (Å²) in [6, 6.07) is 0. The average molecular weight is 533 g/mol. The fourth-order valence-corrected chi connectivity index (χ4v) is 4.25. The van der Waals surface area contributed by atoms with Crippen molar-refractivity contribution in [2.45, 2.75) is 89.4 Å². The number of Topliss-reactive ketones (excluding diaryl/α,β-unsaturated/α-hetero) is 1. The van der Waals surface area contributed by atoms with Gasteiger partial charge in [0.1, 0.15) is 65.5 Å². The number of rotatable bonds is 8. The Balaban J connectivity index is 1.85. The molecule has 0 radical (unpaired) electrons. The molecule has 1 aromatic rings. The lowest BCUT2D eigenvalue weighted by molar-refractivity contribution is -0.307. The van der Waals surface area contributed by atoms with Gasteiger partial charge >= 0.3 is 0 Å². The van der Waals surface area contributed by atoms with Crippen LogP contribution in [0.1, 0.15) is 41.8 Å². The second kappa shape index (κ2) is 11.8. The average Bonchev–Trinajstić information content (AvgIpc) is 2.84. The van der Waals surface area contributed by atoms with E-state index >= 15 is 0 Å². The first-order valence-corrected chi connectivity index (χ1v) is 12.0. The number of ether oxygens (including phenoxy) is 4. The molecule has 210 valence electrons. The number of phenolic OH excluding ortho intramolecular Hbond substituents is 2. The lowest BCUT2D eigenvalue weighted by Gasteiger charge is -2.41. The molecule has 13 heteroatoms. The van der Waals surface area contributed by atoms with E-state index in [0.717, 1.165) is 0 Å². The summed E-state index contributed by atoms with van der Waals surface area (Å²) in [5, 5.41) is 81.9. The van der Waals surface area contributed by atoms with Gasteiger partial charge in [0.2, 0.25) is 6.29 Å². The summed E-state index contributed by atoms with van der Waals surface area (Å²) < 4.78 is 21.9. The second-order valence-electron chi connectivity index (χ2n) is 9.89. The first-order chi connectivity index (χ1) is 17.3. The number of carbonyl (C=O) groups excluding carboxylic acids is 1. The predicted molar refractivity (Wildman–Crippen MR) is 124 cm³/mol. The number of benzene rings is 1. The van der Waals surface area contributed by atoms with Crippen LogP contribution < -0.4 is 4.74 Å². The van der Waals surface area contributed by atoms with Crippen molar-refractivity contribution < 1.29 is 64.6 Å². The molecule has 0 aliphatic carbocycles. The molecule has 0 amide bonds.